The average molecular weight is 594 g/mol. The molecule has 2 aromatic rings. The first-order valence-corrected chi connectivity index (χ1v) is 11.3. The van der Waals surface area contributed by atoms with E-state index in [9.17, 15) is 14.4 Å². The van der Waals surface area contributed by atoms with Gasteiger partial charge in [-0.15, -0.1) is 0 Å². The number of carbonyl (C=O) groups is 3. The fraction of sp³-hybridized carbons (Fsp3) is 0.150. The molecule has 1 saturated heterocycles. The van der Waals surface area contributed by atoms with E-state index in [1.54, 1.807) is 36.4 Å². The molecule has 0 unspecified atom stereocenters. The minimum atomic E-state index is -1.11. The predicted molar refractivity (Wildman–Crippen MR) is 127 cm³/mol. The highest BCUT2D eigenvalue weighted by molar-refractivity contribution is 14.1. The molecule has 7 nitrogen and oxygen atoms in total. The summed E-state index contributed by atoms with van der Waals surface area (Å²) in [4.78, 5) is 37.4. The molecule has 2 amide bonds. The highest BCUT2D eigenvalue weighted by Crippen LogP contribution is 2.38. The van der Waals surface area contributed by atoms with Gasteiger partial charge in [0, 0.05) is 0 Å². The van der Waals surface area contributed by atoms with Gasteiger partial charge in [0.1, 0.15) is 0 Å². The van der Waals surface area contributed by atoms with E-state index in [2.05, 4.69) is 0 Å². The van der Waals surface area contributed by atoms with Crippen molar-refractivity contribution in [1.29, 1.82) is 0 Å². The van der Waals surface area contributed by atoms with Crippen LogP contribution in [0.5, 0.6) is 11.5 Å². The third-order valence-corrected chi connectivity index (χ3v) is 6.54. The number of thioether (sulfide) groups is 1. The van der Waals surface area contributed by atoms with Gasteiger partial charge in [-0.3, -0.25) is 14.5 Å². The van der Waals surface area contributed by atoms with Crippen LogP contribution >= 0.6 is 57.6 Å². The van der Waals surface area contributed by atoms with Gasteiger partial charge < -0.3 is 14.6 Å². The molecule has 31 heavy (non-hydrogen) atoms. The summed E-state index contributed by atoms with van der Waals surface area (Å²) in [5, 5.41) is 9.15. The largest absolute Gasteiger partial charge is 0.493 e. The minimum absolute atomic E-state index is 0.0711. The standard InChI is InChI=1S/C20H14Cl2INO6S/c1-29-15-6-11(5-14(23)18(15)30-9-17(25)26)7-16-19(27)24(20(28)31-16)8-10-2-3-12(21)13(22)4-10/h2-7H,8-9H2,1H3,(H,25,26)/b16-7-. The highest BCUT2D eigenvalue weighted by atomic mass is 127. The number of rotatable bonds is 7. The van der Waals surface area contributed by atoms with Crippen LogP contribution in [-0.4, -0.2) is 40.8 Å². The maximum Gasteiger partial charge on any atom is 0.341 e. The number of nitrogens with zero attached hydrogens (tertiary/aromatic N) is 1. The maximum atomic E-state index is 12.8. The molecule has 0 spiro atoms. The number of carboxylic acid groups (broad SMARTS) is 1. The Bertz CT molecular complexity index is 1110. The SMILES string of the molecule is COc1cc(/C=C2\SC(=O)N(Cc3ccc(Cl)c(Cl)c3)C2=O)cc(I)c1OCC(=O)O. The molecule has 11 heteroatoms. The molecule has 1 aliphatic rings. The number of hydrogen-bond acceptors (Lipinski definition) is 6. The van der Waals surface area contributed by atoms with E-state index < -0.39 is 23.7 Å². The smallest absolute Gasteiger partial charge is 0.341 e. The van der Waals surface area contributed by atoms with Crippen molar-refractivity contribution in [3.8, 4) is 11.5 Å². The maximum absolute atomic E-state index is 12.8. The van der Waals surface area contributed by atoms with Crippen molar-refractivity contribution in [2.45, 2.75) is 6.54 Å². The summed E-state index contributed by atoms with van der Waals surface area (Å²) in [6, 6.07) is 8.22. The molecule has 0 aromatic heterocycles. The lowest BCUT2D eigenvalue weighted by atomic mass is 10.1. The van der Waals surface area contributed by atoms with Crippen molar-refractivity contribution in [2.75, 3.05) is 13.7 Å². The van der Waals surface area contributed by atoms with Gasteiger partial charge in [0.2, 0.25) is 0 Å². The summed E-state index contributed by atoms with van der Waals surface area (Å²) in [7, 11) is 1.42. The molecule has 1 N–H and O–H groups in total. The summed E-state index contributed by atoms with van der Waals surface area (Å²) >= 11 is 14.7. The fourth-order valence-corrected chi connectivity index (χ4v) is 4.65. The van der Waals surface area contributed by atoms with Crippen LogP contribution in [0.3, 0.4) is 0 Å². The Labute approximate surface area is 205 Å². The van der Waals surface area contributed by atoms with Crippen LogP contribution in [0.15, 0.2) is 35.2 Å². The van der Waals surface area contributed by atoms with Crippen LogP contribution in [0.4, 0.5) is 4.79 Å². The first kappa shape index (κ1) is 23.7. The Hall–Kier alpha value is -1.95. The molecule has 1 heterocycles. The van der Waals surface area contributed by atoms with E-state index in [0.717, 1.165) is 16.7 Å². The Morgan fingerprint density at radius 2 is 1.97 bits per heavy atom. The number of ether oxygens (including phenoxy) is 2. The van der Waals surface area contributed by atoms with Crippen molar-refractivity contribution in [3.05, 3.63) is 60.0 Å². The summed E-state index contributed by atoms with van der Waals surface area (Å²) in [5.74, 6) is -0.941. The van der Waals surface area contributed by atoms with Gasteiger partial charge in [0.25, 0.3) is 11.1 Å². The molecule has 1 aliphatic heterocycles. The van der Waals surface area contributed by atoms with Gasteiger partial charge in [-0.05, 0) is 75.8 Å². The third-order valence-electron chi connectivity index (χ3n) is 4.09. The van der Waals surface area contributed by atoms with Crippen LogP contribution < -0.4 is 9.47 Å². The number of hydrogen-bond donors (Lipinski definition) is 1. The molecule has 0 saturated carbocycles. The molecule has 0 aliphatic carbocycles. The number of amides is 2. The van der Waals surface area contributed by atoms with E-state index in [1.165, 1.54) is 7.11 Å². The molecule has 0 atom stereocenters. The van der Waals surface area contributed by atoms with Crippen molar-refractivity contribution < 1.29 is 29.0 Å². The van der Waals surface area contributed by atoms with Gasteiger partial charge in [-0.2, -0.15) is 0 Å². The second kappa shape index (κ2) is 10.1. The molecular weight excluding hydrogens is 580 g/mol. The number of aliphatic carboxylic acids is 1. The molecular formula is C20H14Cl2INO6S. The minimum Gasteiger partial charge on any atom is -0.493 e. The first-order chi connectivity index (χ1) is 14.7. The predicted octanol–water partition coefficient (Wildman–Crippen LogP) is 5.31. The van der Waals surface area contributed by atoms with E-state index in [0.29, 0.717) is 30.5 Å². The zero-order valence-electron chi connectivity index (χ0n) is 15.9. The van der Waals surface area contributed by atoms with Crippen LogP contribution in [0.2, 0.25) is 10.0 Å². The van der Waals surface area contributed by atoms with Crippen molar-refractivity contribution >= 4 is 80.7 Å². The lowest BCUT2D eigenvalue weighted by molar-refractivity contribution is -0.139. The second-order valence-electron chi connectivity index (χ2n) is 6.23. The topological polar surface area (TPSA) is 93.1 Å². The van der Waals surface area contributed by atoms with Gasteiger partial charge in [-0.25, -0.2) is 4.79 Å². The zero-order valence-corrected chi connectivity index (χ0v) is 20.3. The zero-order chi connectivity index (χ0) is 22.7. The second-order valence-corrected chi connectivity index (χ2v) is 9.20. The monoisotopic (exact) mass is 593 g/mol. The molecule has 0 bridgehead atoms. The van der Waals surface area contributed by atoms with E-state index in [1.807, 2.05) is 22.6 Å². The Morgan fingerprint density at radius 3 is 2.61 bits per heavy atom. The lowest BCUT2D eigenvalue weighted by Crippen LogP contribution is -2.27. The Morgan fingerprint density at radius 1 is 1.23 bits per heavy atom. The highest BCUT2D eigenvalue weighted by Gasteiger charge is 2.35. The van der Waals surface area contributed by atoms with Crippen molar-refractivity contribution in [1.82, 2.24) is 4.90 Å². The van der Waals surface area contributed by atoms with Crippen molar-refractivity contribution in [3.63, 3.8) is 0 Å². The van der Waals surface area contributed by atoms with Crippen LogP contribution in [0.25, 0.3) is 6.08 Å². The molecule has 0 radical (unpaired) electrons. The fourth-order valence-electron chi connectivity index (χ4n) is 2.71. The van der Waals surface area contributed by atoms with Crippen LogP contribution in [-0.2, 0) is 16.1 Å². The number of carboxylic acids is 1. The van der Waals surface area contributed by atoms with E-state index in [4.69, 9.17) is 37.8 Å². The summed E-state index contributed by atoms with van der Waals surface area (Å²) in [5.41, 5.74) is 1.28. The summed E-state index contributed by atoms with van der Waals surface area (Å²) < 4.78 is 11.2. The molecule has 3 rings (SSSR count). The normalized spacial score (nSPS) is 15.0. The number of halogens is 3. The van der Waals surface area contributed by atoms with Crippen molar-refractivity contribution in [2.24, 2.45) is 0 Å². The van der Waals surface area contributed by atoms with Gasteiger partial charge in [-0.1, -0.05) is 29.3 Å². The van der Waals surface area contributed by atoms with Crippen LogP contribution in [0.1, 0.15) is 11.1 Å². The average Bonchev–Trinajstić information content (AvgIpc) is 2.96. The Balaban J connectivity index is 1.84. The first-order valence-electron chi connectivity index (χ1n) is 8.61. The lowest BCUT2D eigenvalue weighted by Gasteiger charge is -2.13. The van der Waals surface area contributed by atoms with Crippen LogP contribution in [0, 0.1) is 3.57 Å². The van der Waals surface area contributed by atoms with Gasteiger partial charge in [0.15, 0.2) is 18.1 Å². The quantitative estimate of drug-likeness (QED) is 0.344. The van der Waals surface area contributed by atoms with E-state index in [-0.39, 0.29) is 17.2 Å². The summed E-state index contributed by atoms with van der Waals surface area (Å²) in [6.07, 6.45) is 1.57. The third kappa shape index (κ3) is 5.65. The molecule has 162 valence electrons. The van der Waals surface area contributed by atoms with Gasteiger partial charge in [0.05, 0.1) is 32.2 Å². The Kier molecular flexibility index (Phi) is 7.73. The number of carbonyl (C=O) groups excluding carboxylic acids is 2. The summed E-state index contributed by atoms with van der Waals surface area (Å²) in [6.45, 7) is -0.443. The number of methoxy groups -OCH3 is 1. The number of imide groups is 1. The van der Waals surface area contributed by atoms with Gasteiger partial charge >= 0.3 is 5.97 Å². The van der Waals surface area contributed by atoms with E-state index >= 15 is 0 Å². The molecule has 2 aromatic carbocycles. The molecule has 1 fully saturated rings. The number of benzene rings is 2.